The zero-order valence-electron chi connectivity index (χ0n) is 16.2. The summed E-state index contributed by atoms with van der Waals surface area (Å²) in [4.78, 5) is 23.5. The van der Waals surface area contributed by atoms with Crippen molar-refractivity contribution in [2.75, 3.05) is 11.9 Å². The first-order valence-electron chi connectivity index (χ1n) is 9.91. The number of carbonyl (C=O) groups is 1. The number of carbonyl (C=O) groups excluding carboxylic acids is 1. The summed E-state index contributed by atoms with van der Waals surface area (Å²) >= 11 is 0. The van der Waals surface area contributed by atoms with Crippen LogP contribution < -0.4 is 10.1 Å². The minimum Gasteiger partial charge on any atom is -0.439 e. The molecule has 2 aromatic heterocycles. The van der Waals surface area contributed by atoms with Gasteiger partial charge in [0.1, 0.15) is 5.75 Å². The van der Waals surface area contributed by atoms with Crippen LogP contribution in [-0.4, -0.2) is 33.4 Å². The summed E-state index contributed by atoms with van der Waals surface area (Å²) in [5, 5.41) is 3.01. The van der Waals surface area contributed by atoms with Crippen molar-refractivity contribution >= 4 is 11.6 Å². The number of hydrogen-bond acceptors (Lipinski definition) is 5. The number of piperidine rings is 1. The van der Waals surface area contributed by atoms with E-state index in [4.69, 9.17) is 4.74 Å². The van der Waals surface area contributed by atoms with E-state index in [0.29, 0.717) is 11.6 Å². The number of anilines is 1. The summed E-state index contributed by atoms with van der Waals surface area (Å²) < 4.78 is 5.70. The minimum absolute atomic E-state index is 0.0114. The molecule has 1 unspecified atom stereocenters. The van der Waals surface area contributed by atoms with E-state index >= 15 is 0 Å². The molecule has 1 atom stereocenters. The van der Waals surface area contributed by atoms with Gasteiger partial charge in [-0.3, -0.25) is 14.7 Å². The fourth-order valence-electron chi connectivity index (χ4n) is 3.55. The third-order valence-electron chi connectivity index (χ3n) is 5.02. The molecule has 148 valence electrons. The monoisotopic (exact) mass is 388 g/mol. The van der Waals surface area contributed by atoms with Crippen LogP contribution >= 0.6 is 0 Å². The van der Waals surface area contributed by atoms with Crippen molar-refractivity contribution in [1.82, 2.24) is 14.9 Å². The molecule has 1 aromatic carbocycles. The Labute approximate surface area is 170 Å². The van der Waals surface area contributed by atoms with Crippen LogP contribution in [0.15, 0.2) is 73.2 Å². The van der Waals surface area contributed by atoms with Crippen LogP contribution in [-0.2, 0) is 11.3 Å². The summed E-state index contributed by atoms with van der Waals surface area (Å²) in [6, 6.07) is 16.9. The van der Waals surface area contributed by atoms with Crippen LogP contribution in [0.25, 0.3) is 0 Å². The molecule has 0 saturated carbocycles. The van der Waals surface area contributed by atoms with Gasteiger partial charge in [0.05, 0.1) is 17.9 Å². The Morgan fingerprint density at radius 3 is 2.66 bits per heavy atom. The van der Waals surface area contributed by atoms with E-state index in [-0.39, 0.29) is 11.9 Å². The van der Waals surface area contributed by atoms with Crippen LogP contribution in [0, 0.1) is 0 Å². The molecular formula is C23H24N4O2. The average molecular weight is 388 g/mol. The van der Waals surface area contributed by atoms with Crippen molar-refractivity contribution in [3.05, 3.63) is 78.8 Å². The van der Waals surface area contributed by atoms with Gasteiger partial charge in [0.15, 0.2) is 0 Å². The number of benzene rings is 1. The van der Waals surface area contributed by atoms with Gasteiger partial charge in [0, 0.05) is 25.0 Å². The van der Waals surface area contributed by atoms with Crippen LogP contribution in [0.4, 0.5) is 5.69 Å². The lowest BCUT2D eigenvalue weighted by Gasteiger charge is -2.34. The van der Waals surface area contributed by atoms with E-state index in [1.54, 1.807) is 24.7 Å². The summed E-state index contributed by atoms with van der Waals surface area (Å²) in [5.74, 6) is 1.23. The first-order valence-corrected chi connectivity index (χ1v) is 9.91. The molecule has 29 heavy (non-hydrogen) atoms. The maximum atomic E-state index is 12.9. The van der Waals surface area contributed by atoms with Gasteiger partial charge >= 0.3 is 0 Å². The highest BCUT2D eigenvalue weighted by atomic mass is 16.5. The summed E-state index contributed by atoms with van der Waals surface area (Å²) in [6.07, 6.45) is 8.25. The van der Waals surface area contributed by atoms with Gasteiger partial charge in [0.2, 0.25) is 11.8 Å². The van der Waals surface area contributed by atoms with Crippen LogP contribution in [0.2, 0.25) is 0 Å². The SMILES string of the molecule is O=C(Nc1ccc(Oc2ccccc2)nc1)C1CCCCN1Cc1ccncc1. The normalized spacial score (nSPS) is 16.9. The van der Waals surface area contributed by atoms with E-state index in [0.717, 1.165) is 38.1 Å². The number of amides is 1. The van der Waals surface area contributed by atoms with Gasteiger partial charge in [-0.15, -0.1) is 0 Å². The number of aromatic nitrogens is 2. The molecule has 6 nitrogen and oxygen atoms in total. The van der Waals surface area contributed by atoms with Crippen molar-refractivity contribution < 1.29 is 9.53 Å². The Balaban J connectivity index is 1.38. The molecule has 0 bridgehead atoms. The van der Waals surface area contributed by atoms with Gasteiger partial charge in [-0.25, -0.2) is 4.98 Å². The van der Waals surface area contributed by atoms with E-state index < -0.39 is 0 Å². The largest absolute Gasteiger partial charge is 0.439 e. The highest BCUT2D eigenvalue weighted by Gasteiger charge is 2.28. The molecule has 4 rings (SSSR count). The van der Waals surface area contributed by atoms with Crippen molar-refractivity contribution in [2.45, 2.75) is 31.8 Å². The number of nitrogens with one attached hydrogen (secondary N) is 1. The number of rotatable bonds is 6. The maximum Gasteiger partial charge on any atom is 0.241 e. The summed E-state index contributed by atoms with van der Waals surface area (Å²) in [7, 11) is 0. The molecule has 1 aliphatic rings. The van der Waals surface area contributed by atoms with Crippen LogP contribution in [0.3, 0.4) is 0 Å². The number of pyridine rings is 2. The third kappa shape index (κ3) is 5.18. The van der Waals surface area contributed by atoms with Crippen molar-refractivity contribution in [3.8, 4) is 11.6 Å². The van der Waals surface area contributed by atoms with Crippen molar-refractivity contribution in [1.29, 1.82) is 0 Å². The smallest absolute Gasteiger partial charge is 0.241 e. The second-order valence-electron chi connectivity index (χ2n) is 7.13. The molecule has 1 fully saturated rings. The van der Waals surface area contributed by atoms with Crippen molar-refractivity contribution in [3.63, 3.8) is 0 Å². The maximum absolute atomic E-state index is 12.9. The van der Waals surface area contributed by atoms with Gasteiger partial charge in [0.25, 0.3) is 0 Å². The molecule has 3 heterocycles. The quantitative estimate of drug-likeness (QED) is 0.683. The minimum atomic E-state index is -0.142. The number of ether oxygens (including phenoxy) is 1. The van der Waals surface area contributed by atoms with E-state index in [2.05, 4.69) is 20.2 Å². The number of hydrogen-bond donors (Lipinski definition) is 1. The second kappa shape index (κ2) is 9.30. The predicted molar refractivity (Wildman–Crippen MR) is 112 cm³/mol. The number of likely N-dealkylation sites (tertiary alicyclic amines) is 1. The Bertz CT molecular complexity index is 917. The molecule has 1 amide bonds. The van der Waals surface area contributed by atoms with E-state index in [1.165, 1.54) is 5.56 Å². The highest BCUT2D eigenvalue weighted by molar-refractivity contribution is 5.94. The van der Waals surface area contributed by atoms with Crippen LogP contribution in [0.1, 0.15) is 24.8 Å². The standard InChI is InChI=1S/C23H24N4O2/c28-23(21-8-4-5-15-27(21)17-18-11-13-24-14-12-18)26-19-9-10-22(25-16-19)29-20-6-2-1-3-7-20/h1-3,6-7,9-14,16,21H,4-5,8,15,17H2,(H,26,28). The summed E-state index contributed by atoms with van der Waals surface area (Å²) in [6.45, 7) is 1.67. The molecule has 3 aromatic rings. The van der Waals surface area contributed by atoms with Gasteiger partial charge in [-0.1, -0.05) is 24.6 Å². The van der Waals surface area contributed by atoms with Crippen LogP contribution in [0.5, 0.6) is 11.6 Å². The topological polar surface area (TPSA) is 67.3 Å². The van der Waals surface area contributed by atoms with Crippen molar-refractivity contribution in [2.24, 2.45) is 0 Å². The third-order valence-corrected chi connectivity index (χ3v) is 5.02. The Morgan fingerprint density at radius 1 is 1.07 bits per heavy atom. The lowest BCUT2D eigenvalue weighted by atomic mass is 10.0. The van der Waals surface area contributed by atoms with Gasteiger partial charge in [-0.05, 0) is 55.3 Å². The molecular weight excluding hydrogens is 364 g/mol. The molecule has 6 heteroatoms. The zero-order valence-corrected chi connectivity index (χ0v) is 16.2. The zero-order chi connectivity index (χ0) is 19.9. The summed E-state index contributed by atoms with van der Waals surface area (Å²) in [5.41, 5.74) is 1.84. The Morgan fingerprint density at radius 2 is 1.90 bits per heavy atom. The van der Waals surface area contributed by atoms with Gasteiger partial charge < -0.3 is 10.1 Å². The van der Waals surface area contributed by atoms with E-state index in [9.17, 15) is 4.79 Å². The first kappa shape index (κ1) is 19.1. The lowest BCUT2D eigenvalue weighted by molar-refractivity contribution is -0.122. The second-order valence-corrected chi connectivity index (χ2v) is 7.13. The molecule has 1 saturated heterocycles. The first-order chi connectivity index (χ1) is 14.3. The van der Waals surface area contributed by atoms with E-state index in [1.807, 2.05) is 48.5 Å². The lowest BCUT2D eigenvalue weighted by Crippen LogP contribution is -2.46. The molecule has 0 radical (unpaired) electrons. The predicted octanol–water partition coefficient (Wildman–Crippen LogP) is 4.26. The molecule has 1 N–H and O–H groups in total. The number of nitrogens with zero attached hydrogens (tertiary/aromatic N) is 3. The fraction of sp³-hybridized carbons (Fsp3) is 0.261. The van der Waals surface area contributed by atoms with Gasteiger partial charge in [-0.2, -0.15) is 0 Å². The Hall–Kier alpha value is -3.25. The number of para-hydroxylation sites is 1. The average Bonchev–Trinajstić information content (AvgIpc) is 2.77. The highest BCUT2D eigenvalue weighted by Crippen LogP contribution is 2.23. The molecule has 0 aliphatic carbocycles. The molecule has 0 spiro atoms. The molecule has 1 aliphatic heterocycles. The Kier molecular flexibility index (Phi) is 6.12. The fourth-order valence-corrected chi connectivity index (χ4v) is 3.55.